The Morgan fingerprint density at radius 1 is 1.55 bits per heavy atom. The van der Waals surface area contributed by atoms with Crippen LogP contribution < -0.4 is 5.73 Å². The summed E-state index contributed by atoms with van der Waals surface area (Å²) in [4.78, 5) is 0.321. The van der Waals surface area contributed by atoms with Crippen LogP contribution in [0.1, 0.15) is 12.0 Å². The second-order valence-corrected chi connectivity index (χ2v) is 8.54. The highest BCUT2D eigenvalue weighted by Gasteiger charge is 2.30. The molecule has 2 rings (SSSR count). The molecule has 1 aromatic rings. The van der Waals surface area contributed by atoms with Crippen molar-refractivity contribution in [1.29, 1.82) is 0 Å². The van der Waals surface area contributed by atoms with Crippen molar-refractivity contribution in [2.75, 3.05) is 18.6 Å². The molecule has 4 nitrogen and oxygen atoms in total. The van der Waals surface area contributed by atoms with Gasteiger partial charge in [-0.15, -0.1) is 0 Å². The molecule has 1 fully saturated rings. The van der Waals surface area contributed by atoms with Gasteiger partial charge >= 0.3 is 0 Å². The number of benzene rings is 1. The third-order valence-corrected chi connectivity index (χ3v) is 6.89. The first-order valence-electron chi connectivity index (χ1n) is 5.99. The molecule has 0 aromatic heterocycles. The molecule has 1 aromatic carbocycles. The molecule has 1 heterocycles. The zero-order valence-electron chi connectivity index (χ0n) is 10.9. The van der Waals surface area contributed by atoms with E-state index in [4.69, 9.17) is 29.6 Å². The molecule has 1 aliphatic heterocycles. The quantitative estimate of drug-likeness (QED) is 0.842. The van der Waals surface area contributed by atoms with Gasteiger partial charge in [0.15, 0.2) is 0 Å². The molecule has 0 amide bonds. The van der Waals surface area contributed by atoms with E-state index in [1.54, 1.807) is 24.9 Å². The van der Waals surface area contributed by atoms with E-state index in [0.717, 1.165) is 17.9 Å². The SMILES string of the molecule is CN(C1CCSC1)S(=O)(=O)c1ccc(C(N)=S)c(Cl)c1. The minimum atomic E-state index is -3.54. The van der Waals surface area contributed by atoms with Crippen molar-refractivity contribution in [3.05, 3.63) is 28.8 Å². The van der Waals surface area contributed by atoms with Gasteiger partial charge in [-0.25, -0.2) is 8.42 Å². The summed E-state index contributed by atoms with van der Waals surface area (Å²) in [5.74, 6) is 1.82. The molecular weight excluding hydrogens is 336 g/mol. The first-order valence-corrected chi connectivity index (χ1v) is 9.37. The maximum atomic E-state index is 12.5. The van der Waals surface area contributed by atoms with Crippen LogP contribution in [0.25, 0.3) is 0 Å². The molecular formula is C12H15ClN2O2S3. The van der Waals surface area contributed by atoms with Crippen LogP contribution in [0.4, 0.5) is 0 Å². The summed E-state index contributed by atoms with van der Waals surface area (Å²) in [6.45, 7) is 0. The summed E-state index contributed by atoms with van der Waals surface area (Å²) >= 11 is 12.7. The number of thiocarbonyl (C=S) groups is 1. The van der Waals surface area contributed by atoms with Crippen molar-refractivity contribution >= 4 is 50.6 Å². The Morgan fingerprint density at radius 2 is 2.25 bits per heavy atom. The van der Waals surface area contributed by atoms with Crippen molar-refractivity contribution in [2.24, 2.45) is 5.73 Å². The highest BCUT2D eigenvalue weighted by Crippen LogP contribution is 2.28. The van der Waals surface area contributed by atoms with Crippen molar-refractivity contribution < 1.29 is 8.42 Å². The zero-order chi connectivity index (χ0) is 14.9. The van der Waals surface area contributed by atoms with Crippen molar-refractivity contribution in [3.8, 4) is 0 Å². The third-order valence-electron chi connectivity index (χ3n) is 3.30. The molecule has 0 saturated carbocycles. The van der Waals surface area contributed by atoms with Crippen LogP contribution in [0.3, 0.4) is 0 Å². The Kier molecular flexibility index (Phi) is 4.96. The Hall–Kier alpha value is -0.340. The molecule has 0 aliphatic carbocycles. The summed E-state index contributed by atoms with van der Waals surface area (Å²) < 4.78 is 26.5. The maximum absolute atomic E-state index is 12.5. The summed E-state index contributed by atoms with van der Waals surface area (Å²) in [6, 6.07) is 4.49. The van der Waals surface area contributed by atoms with Crippen molar-refractivity contribution in [2.45, 2.75) is 17.4 Å². The van der Waals surface area contributed by atoms with Gasteiger partial charge in [0.1, 0.15) is 4.99 Å². The zero-order valence-corrected chi connectivity index (χ0v) is 14.1. The minimum absolute atomic E-state index is 0.0408. The molecule has 0 radical (unpaired) electrons. The van der Waals surface area contributed by atoms with E-state index in [0.29, 0.717) is 5.56 Å². The van der Waals surface area contributed by atoms with Gasteiger partial charge in [0.05, 0.1) is 9.92 Å². The first-order chi connectivity index (χ1) is 9.34. The number of hydrogen-bond acceptors (Lipinski definition) is 4. The second kappa shape index (κ2) is 6.19. The number of rotatable bonds is 4. The van der Waals surface area contributed by atoms with Crippen molar-refractivity contribution in [1.82, 2.24) is 4.31 Å². The predicted octanol–water partition coefficient (Wildman–Crippen LogP) is 2.10. The molecule has 110 valence electrons. The number of hydrogen-bond donors (Lipinski definition) is 1. The minimum Gasteiger partial charge on any atom is -0.389 e. The molecule has 1 saturated heterocycles. The number of nitrogens with zero attached hydrogens (tertiary/aromatic N) is 1. The van der Waals surface area contributed by atoms with E-state index < -0.39 is 10.0 Å². The molecule has 0 bridgehead atoms. The molecule has 1 aliphatic rings. The number of nitrogens with two attached hydrogens (primary N) is 1. The van der Waals surface area contributed by atoms with E-state index in [-0.39, 0.29) is 20.9 Å². The maximum Gasteiger partial charge on any atom is 0.243 e. The van der Waals surface area contributed by atoms with Crippen LogP contribution in [0.5, 0.6) is 0 Å². The normalized spacial score (nSPS) is 19.4. The van der Waals surface area contributed by atoms with Crippen LogP contribution in [0.15, 0.2) is 23.1 Å². The lowest BCUT2D eigenvalue weighted by molar-refractivity contribution is 0.394. The standard InChI is InChI=1S/C12H15ClN2O2S3/c1-15(8-4-5-19-7-8)20(16,17)9-2-3-10(12(14)18)11(13)6-9/h2-3,6,8H,4-5,7H2,1H3,(H2,14,18). The van der Waals surface area contributed by atoms with Crippen LogP contribution >= 0.6 is 35.6 Å². The van der Waals surface area contributed by atoms with Gasteiger partial charge in [-0.3, -0.25) is 0 Å². The summed E-state index contributed by atoms with van der Waals surface area (Å²) in [5.41, 5.74) is 6.00. The second-order valence-electron chi connectivity index (χ2n) is 4.54. The molecule has 0 spiro atoms. The van der Waals surface area contributed by atoms with Gasteiger partial charge in [-0.2, -0.15) is 16.1 Å². The Labute approximate surface area is 133 Å². The van der Waals surface area contributed by atoms with Gasteiger partial charge in [-0.05, 0) is 30.4 Å². The molecule has 1 atom stereocenters. The summed E-state index contributed by atoms with van der Waals surface area (Å²) in [5, 5.41) is 0.257. The van der Waals surface area contributed by atoms with Crippen molar-refractivity contribution in [3.63, 3.8) is 0 Å². The molecule has 1 unspecified atom stereocenters. The van der Waals surface area contributed by atoms with E-state index in [9.17, 15) is 8.42 Å². The number of thioether (sulfide) groups is 1. The Bertz CT molecular complexity index is 628. The Morgan fingerprint density at radius 3 is 2.75 bits per heavy atom. The van der Waals surface area contributed by atoms with E-state index in [1.165, 1.54) is 16.4 Å². The van der Waals surface area contributed by atoms with Crippen LogP contribution in [0.2, 0.25) is 5.02 Å². The fourth-order valence-electron chi connectivity index (χ4n) is 2.03. The lowest BCUT2D eigenvalue weighted by Gasteiger charge is -2.23. The van der Waals surface area contributed by atoms with Gasteiger partial charge in [0.25, 0.3) is 0 Å². The average Bonchev–Trinajstić information content (AvgIpc) is 2.90. The highest BCUT2D eigenvalue weighted by molar-refractivity contribution is 7.99. The fourth-order valence-corrected chi connectivity index (χ4v) is 5.38. The van der Waals surface area contributed by atoms with Crippen LogP contribution in [0, 0.1) is 0 Å². The molecule has 20 heavy (non-hydrogen) atoms. The van der Waals surface area contributed by atoms with Gasteiger partial charge in [0.2, 0.25) is 10.0 Å². The molecule has 8 heteroatoms. The smallest absolute Gasteiger partial charge is 0.243 e. The predicted molar refractivity (Wildman–Crippen MR) is 88.0 cm³/mol. The average molecular weight is 351 g/mol. The van der Waals surface area contributed by atoms with Gasteiger partial charge < -0.3 is 5.73 Å². The summed E-state index contributed by atoms with van der Waals surface area (Å²) in [7, 11) is -1.92. The van der Waals surface area contributed by atoms with Gasteiger partial charge in [0, 0.05) is 24.4 Å². The van der Waals surface area contributed by atoms with E-state index in [2.05, 4.69) is 0 Å². The highest BCUT2D eigenvalue weighted by atomic mass is 35.5. The van der Waals surface area contributed by atoms with Crippen LogP contribution in [-0.4, -0.2) is 42.3 Å². The summed E-state index contributed by atoms with van der Waals surface area (Å²) in [6.07, 6.45) is 0.874. The lowest BCUT2D eigenvalue weighted by Crippen LogP contribution is -2.37. The molecule has 2 N–H and O–H groups in total. The first kappa shape index (κ1) is 16.0. The van der Waals surface area contributed by atoms with Crippen LogP contribution in [-0.2, 0) is 10.0 Å². The van der Waals surface area contributed by atoms with Gasteiger partial charge in [-0.1, -0.05) is 23.8 Å². The topological polar surface area (TPSA) is 63.4 Å². The monoisotopic (exact) mass is 350 g/mol. The number of halogens is 1. The third kappa shape index (κ3) is 3.12. The number of sulfonamides is 1. The van der Waals surface area contributed by atoms with E-state index >= 15 is 0 Å². The lowest BCUT2D eigenvalue weighted by atomic mass is 10.2. The Balaban J connectivity index is 2.34. The largest absolute Gasteiger partial charge is 0.389 e. The van der Waals surface area contributed by atoms with E-state index in [1.807, 2.05) is 0 Å². The fraction of sp³-hybridized carbons (Fsp3) is 0.417.